The largest absolute Gasteiger partial charge is 0.449 e. The molecule has 1 atom stereocenters. The first-order valence-electron chi connectivity index (χ1n) is 19.8. The van der Waals surface area contributed by atoms with Crippen LogP contribution in [0.3, 0.4) is 0 Å². The first-order valence-corrected chi connectivity index (χ1v) is 19.8. The molecule has 14 heteroatoms. The normalized spacial score (nSPS) is 15.2. The Kier molecular flexibility index (Phi) is 24.9. The van der Waals surface area contributed by atoms with Gasteiger partial charge in [-0.2, -0.15) is 0 Å². The van der Waals surface area contributed by atoms with Gasteiger partial charge in [0.15, 0.2) is 6.29 Å². The predicted molar refractivity (Wildman–Crippen MR) is 205 cm³/mol. The van der Waals surface area contributed by atoms with Gasteiger partial charge >= 0.3 is 6.09 Å². The molecule has 1 fully saturated rings. The third kappa shape index (κ3) is 19.8. The Morgan fingerprint density at radius 3 is 1.40 bits per heavy atom. The number of nitrogens with one attached hydrogen (secondary N) is 1. The van der Waals surface area contributed by atoms with Gasteiger partial charge in [-0.25, -0.2) is 4.79 Å². The zero-order valence-corrected chi connectivity index (χ0v) is 32.5. The van der Waals surface area contributed by atoms with Gasteiger partial charge < -0.3 is 62.2 Å². The molecular weight excluding hydrogens is 714 g/mol. The van der Waals surface area contributed by atoms with Crippen molar-refractivity contribution < 1.29 is 61.6 Å². The number of hydrogen-bond acceptors (Lipinski definition) is 13. The molecule has 1 aliphatic carbocycles. The molecule has 1 unspecified atom stereocenters. The molecule has 0 aromatic heterocycles. The van der Waals surface area contributed by atoms with Crippen LogP contribution < -0.4 is 5.32 Å². The summed E-state index contributed by atoms with van der Waals surface area (Å²) >= 11 is 0. The van der Waals surface area contributed by atoms with Gasteiger partial charge in [-0.3, -0.25) is 0 Å². The van der Waals surface area contributed by atoms with Gasteiger partial charge in [0, 0.05) is 25.7 Å². The third-order valence-electron chi connectivity index (χ3n) is 8.72. The van der Waals surface area contributed by atoms with E-state index >= 15 is 0 Å². The molecule has 0 spiro atoms. The van der Waals surface area contributed by atoms with E-state index in [4.69, 9.17) is 56.8 Å². The summed E-state index contributed by atoms with van der Waals surface area (Å²) in [6.07, 6.45) is 3.45. The molecule has 2 aromatic rings. The molecule has 1 aliphatic heterocycles. The molecule has 2 aromatic carbocycles. The summed E-state index contributed by atoms with van der Waals surface area (Å²) in [6, 6.07) is 16.6. The monoisotopic (exact) mass is 777 g/mol. The van der Waals surface area contributed by atoms with Crippen molar-refractivity contribution in [1.29, 1.82) is 0 Å². The molecule has 55 heavy (non-hydrogen) atoms. The second kappa shape index (κ2) is 30.4. The summed E-state index contributed by atoms with van der Waals surface area (Å²) in [6.45, 7) is 11.2. The standard InChI is InChI=1S/C41H63NO13/c43-41(55-34-39-37-10-3-1-8-35(37)36-9-2-4-11-38(36)39)42-13-7-14-44-16-17-45-18-19-46-20-21-47-22-23-48-24-25-49-26-27-50-28-29-51-30-31-52-32-33-54-40-12-5-6-15-53-40/h1-4,8-11,39-40H,5-7,12-34H2,(H,42,43). The average molecular weight is 778 g/mol. The van der Waals surface area contributed by atoms with Crippen molar-refractivity contribution in [2.45, 2.75) is 37.9 Å². The van der Waals surface area contributed by atoms with Gasteiger partial charge in [-0.1, -0.05) is 48.5 Å². The first kappa shape index (κ1) is 45.0. The Labute approximate surface area is 326 Å². The molecule has 14 nitrogen and oxygen atoms in total. The number of fused-ring (bicyclic) bond motifs is 3. The molecule has 310 valence electrons. The molecule has 2 aliphatic rings. The van der Waals surface area contributed by atoms with Crippen LogP contribution >= 0.6 is 0 Å². The van der Waals surface area contributed by atoms with Gasteiger partial charge in [-0.05, 0) is 47.9 Å². The van der Waals surface area contributed by atoms with Gasteiger partial charge in [0.2, 0.25) is 0 Å². The predicted octanol–water partition coefficient (Wildman–Crippen LogP) is 4.61. The van der Waals surface area contributed by atoms with Crippen LogP contribution in [0.1, 0.15) is 42.7 Å². The van der Waals surface area contributed by atoms with Crippen molar-refractivity contribution in [3.8, 4) is 11.1 Å². The van der Waals surface area contributed by atoms with E-state index in [2.05, 4.69) is 29.6 Å². The highest BCUT2D eigenvalue weighted by Crippen LogP contribution is 2.44. The Morgan fingerprint density at radius 2 is 0.964 bits per heavy atom. The maximum atomic E-state index is 12.3. The fourth-order valence-corrected chi connectivity index (χ4v) is 5.96. The Hall–Kier alpha value is -2.73. The second-order valence-corrected chi connectivity index (χ2v) is 12.8. The lowest BCUT2D eigenvalue weighted by atomic mass is 9.98. The smallest absolute Gasteiger partial charge is 0.407 e. The van der Waals surface area contributed by atoms with E-state index in [0.717, 1.165) is 25.9 Å². The van der Waals surface area contributed by atoms with Gasteiger partial charge in [-0.15, -0.1) is 0 Å². The van der Waals surface area contributed by atoms with Gasteiger partial charge in [0.1, 0.15) is 6.61 Å². The van der Waals surface area contributed by atoms with E-state index in [-0.39, 0.29) is 12.2 Å². The Morgan fingerprint density at radius 1 is 0.545 bits per heavy atom. The highest BCUT2D eigenvalue weighted by Gasteiger charge is 2.29. The number of benzene rings is 2. The SMILES string of the molecule is O=C(NCCCOCCOCCOCCOCCOCCOCCOCCOCCOCCOC1CCCCO1)OCC1c2ccccc2-c2ccccc21. The Balaban J connectivity index is 0.783. The average Bonchev–Trinajstić information content (AvgIpc) is 3.54. The number of hydrogen-bond donors (Lipinski definition) is 1. The summed E-state index contributed by atoms with van der Waals surface area (Å²) in [5.41, 5.74) is 4.81. The number of alkyl carbamates (subject to hydrolysis) is 1. The quantitative estimate of drug-likeness (QED) is 0.0992. The van der Waals surface area contributed by atoms with Gasteiger partial charge in [0.05, 0.1) is 119 Å². The summed E-state index contributed by atoms with van der Waals surface area (Å²) in [7, 11) is 0. The van der Waals surface area contributed by atoms with Crippen LogP contribution in [0, 0.1) is 0 Å². The van der Waals surface area contributed by atoms with Crippen LogP contribution in [0.4, 0.5) is 4.79 Å². The molecule has 0 radical (unpaired) electrons. The molecule has 0 bridgehead atoms. The maximum Gasteiger partial charge on any atom is 0.407 e. The second-order valence-electron chi connectivity index (χ2n) is 12.8. The van der Waals surface area contributed by atoms with Crippen molar-refractivity contribution >= 4 is 6.09 Å². The first-order chi connectivity index (χ1) is 27.3. The number of amides is 1. The zero-order valence-electron chi connectivity index (χ0n) is 32.5. The highest BCUT2D eigenvalue weighted by atomic mass is 16.7. The van der Waals surface area contributed by atoms with Crippen LogP contribution in [-0.2, 0) is 56.8 Å². The summed E-state index contributed by atoms with van der Waals surface area (Å²) in [5, 5.41) is 2.81. The fraction of sp³-hybridized carbons (Fsp3) is 0.683. The molecule has 0 saturated carbocycles. The topological polar surface area (TPSA) is 140 Å². The van der Waals surface area contributed by atoms with Crippen molar-refractivity contribution in [2.75, 3.05) is 145 Å². The van der Waals surface area contributed by atoms with E-state index in [1.807, 2.05) is 24.3 Å². The van der Waals surface area contributed by atoms with E-state index in [1.54, 1.807) is 0 Å². The van der Waals surface area contributed by atoms with Crippen molar-refractivity contribution in [3.05, 3.63) is 59.7 Å². The molecule has 1 heterocycles. The maximum absolute atomic E-state index is 12.3. The van der Waals surface area contributed by atoms with Gasteiger partial charge in [0.25, 0.3) is 0 Å². The molecule has 1 saturated heterocycles. The minimum absolute atomic E-state index is 0.0503. The molecule has 1 N–H and O–H groups in total. The summed E-state index contributed by atoms with van der Waals surface area (Å²) in [5.74, 6) is 0.0503. The molecule has 1 amide bonds. The van der Waals surface area contributed by atoms with Crippen molar-refractivity contribution in [2.24, 2.45) is 0 Å². The van der Waals surface area contributed by atoms with Crippen LogP contribution in [-0.4, -0.2) is 158 Å². The van der Waals surface area contributed by atoms with Crippen molar-refractivity contribution in [1.82, 2.24) is 5.32 Å². The number of carbonyl (C=O) groups excluding carboxylic acids is 1. The number of ether oxygens (including phenoxy) is 12. The summed E-state index contributed by atoms with van der Waals surface area (Å²) in [4.78, 5) is 12.3. The lowest BCUT2D eigenvalue weighted by molar-refractivity contribution is -0.169. The van der Waals surface area contributed by atoms with Crippen LogP contribution in [0.25, 0.3) is 11.1 Å². The van der Waals surface area contributed by atoms with Crippen molar-refractivity contribution in [3.63, 3.8) is 0 Å². The third-order valence-corrected chi connectivity index (χ3v) is 8.72. The molecule has 4 rings (SSSR count). The lowest BCUT2D eigenvalue weighted by Gasteiger charge is -2.22. The lowest BCUT2D eigenvalue weighted by Crippen LogP contribution is -2.27. The minimum Gasteiger partial charge on any atom is -0.449 e. The van der Waals surface area contributed by atoms with Crippen LogP contribution in [0.5, 0.6) is 0 Å². The van der Waals surface area contributed by atoms with E-state index in [0.29, 0.717) is 145 Å². The highest BCUT2D eigenvalue weighted by molar-refractivity contribution is 5.79. The van der Waals surface area contributed by atoms with Crippen LogP contribution in [0.2, 0.25) is 0 Å². The summed E-state index contributed by atoms with van der Waals surface area (Å²) < 4.78 is 66.3. The number of rotatable bonds is 34. The Bertz CT molecular complexity index is 1200. The zero-order chi connectivity index (χ0) is 38.3. The fourth-order valence-electron chi connectivity index (χ4n) is 5.96. The van der Waals surface area contributed by atoms with E-state index in [1.165, 1.54) is 22.3 Å². The van der Waals surface area contributed by atoms with E-state index < -0.39 is 6.09 Å². The minimum atomic E-state index is -0.414. The van der Waals surface area contributed by atoms with E-state index in [9.17, 15) is 4.79 Å². The van der Waals surface area contributed by atoms with Crippen LogP contribution in [0.15, 0.2) is 48.5 Å². The molecular formula is C41H63NO13. The number of carbonyl (C=O) groups is 1.